The van der Waals surface area contributed by atoms with Crippen LogP contribution >= 0.6 is 11.3 Å². The lowest BCUT2D eigenvalue weighted by Gasteiger charge is -2.13. The van der Waals surface area contributed by atoms with E-state index in [2.05, 4.69) is 10.3 Å². The number of amides is 1. The number of carbonyl (C=O) groups excluding carboxylic acids is 1. The molecule has 1 aromatic carbocycles. The molecule has 0 bridgehead atoms. The topological polar surface area (TPSA) is 68.0 Å². The molecular weight excluding hydrogens is 282 g/mol. The van der Waals surface area contributed by atoms with Crippen molar-refractivity contribution in [3.05, 3.63) is 46.5 Å². The highest BCUT2D eigenvalue weighted by Crippen LogP contribution is 2.30. The van der Waals surface area contributed by atoms with Crippen LogP contribution in [0.1, 0.15) is 34.9 Å². The van der Waals surface area contributed by atoms with Crippen LogP contribution < -0.4 is 11.1 Å². The summed E-state index contributed by atoms with van der Waals surface area (Å²) in [6.07, 6.45) is 4.53. The molecule has 0 saturated heterocycles. The number of thiazole rings is 1. The number of nitrogens with zero attached hydrogens (tertiary/aromatic N) is 1. The monoisotopic (exact) mass is 301 g/mol. The van der Waals surface area contributed by atoms with Crippen LogP contribution in [0.5, 0.6) is 0 Å². The van der Waals surface area contributed by atoms with Crippen molar-refractivity contribution in [1.29, 1.82) is 0 Å². The van der Waals surface area contributed by atoms with Crippen LogP contribution in [0, 0.1) is 0 Å². The summed E-state index contributed by atoms with van der Waals surface area (Å²) in [6.45, 7) is 0.293. The number of hydrogen-bond donors (Lipinski definition) is 2. The van der Waals surface area contributed by atoms with Crippen LogP contribution in [0.4, 0.5) is 5.13 Å². The number of fused-ring (bicyclic) bond motifs is 1. The second-order valence-corrected chi connectivity index (χ2v) is 6.37. The number of aromatic nitrogens is 1. The molecule has 0 aliphatic heterocycles. The second-order valence-electron chi connectivity index (χ2n) is 5.28. The molecule has 3 N–H and O–H groups in total. The average molecular weight is 301 g/mol. The highest BCUT2D eigenvalue weighted by molar-refractivity contribution is 7.15. The maximum atomic E-state index is 12.4. The van der Waals surface area contributed by atoms with E-state index in [0.29, 0.717) is 11.7 Å². The van der Waals surface area contributed by atoms with Gasteiger partial charge in [0.25, 0.3) is 0 Å². The number of aryl methyl sites for hydroxylation is 2. The third-order valence-corrected chi connectivity index (χ3v) is 4.90. The van der Waals surface area contributed by atoms with Gasteiger partial charge < -0.3 is 11.1 Å². The molecule has 0 radical (unpaired) electrons. The maximum absolute atomic E-state index is 12.4. The molecule has 4 nitrogen and oxygen atoms in total. The number of anilines is 1. The van der Waals surface area contributed by atoms with Crippen LogP contribution in [0.25, 0.3) is 0 Å². The van der Waals surface area contributed by atoms with E-state index in [9.17, 15) is 4.79 Å². The molecule has 0 fully saturated rings. The molecule has 3 rings (SSSR count). The minimum Gasteiger partial charge on any atom is -0.329 e. The zero-order valence-electron chi connectivity index (χ0n) is 11.8. The zero-order valence-corrected chi connectivity index (χ0v) is 12.7. The quantitative estimate of drug-likeness (QED) is 0.912. The van der Waals surface area contributed by atoms with E-state index < -0.39 is 0 Å². The molecule has 1 unspecified atom stereocenters. The number of carbonyl (C=O) groups is 1. The van der Waals surface area contributed by atoms with Crippen molar-refractivity contribution in [2.45, 2.75) is 31.6 Å². The van der Waals surface area contributed by atoms with Gasteiger partial charge in [0.1, 0.15) is 0 Å². The molecule has 2 aromatic rings. The molecule has 5 heteroatoms. The van der Waals surface area contributed by atoms with Crippen LogP contribution in [-0.4, -0.2) is 17.4 Å². The third-order valence-electron chi connectivity index (χ3n) is 3.83. The zero-order chi connectivity index (χ0) is 14.7. The smallest absolute Gasteiger partial charge is 0.234 e. The highest BCUT2D eigenvalue weighted by atomic mass is 32.1. The fourth-order valence-corrected chi connectivity index (χ4v) is 3.73. The summed E-state index contributed by atoms with van der Waals surface area (Å²) in [5.74, 6) is -0.401. The molecule has 110 valence electrons. The Hall–Kier alpha value is -1.72. The Labute approximate surface area is 128 Å². The van der Waals surface area contributed by atoms with Crippen LogP contribution in [-0.2, 0) is 17.6 Å². The first-order chi connectivity index (χ1) is 10.3. The number of hydrogen-bond acceptors (Lipinski definition) is 4. The maximum Gasteiger partial charge on any atom is 0.234 e. The van der Waals surface area contributed by atoms with Gasteiger partial charge in [0.2, 0.25) is 5.91 Å². The minimum atomic E-state index is -0.327. The molecule has 21 heavy (non-hydrogen) atoms. The Morgan fingerprint density at radius 3 is 2.76 bits per heavy atom. The molecule has 0 saturated carbocycles. The van der Waals surface area contributed by atoms with Crippen molar-refractivity contribution in [3.8, 4) is 0 Å². The summed E-state index contributed by atoms with van der Waals surface area (Å²) in [5.41, 5.74) is 7.88. The molecule has 1 atom stereocenters. The summed E-state index contributed by atoms with van der Waals surface area (Å²) < 4.78 is 0. The molecule has 1 heterocycles. The molecule has 1 aliphatic rings. The van der Waals surface area contributed by atoms with Gasteiger partial charge in [-0.1, -0.05) is 30.3 Å². The lowest BCUT2D eigenvalue weighted by molar-refractivity contribution is -0.117. The SMILES string of the molecule is NCC(C(=O)Nc1nc2c(s1)CCCC2)c1ccccc1. The standard InChI is InChI=1S/C16H19N3OS/c17-10-12(11-6-2-1-3-7-11)15(20)19-16-18-13-8-4-5-9-14(13)21-16/h1-3,6-7,12H,4-5,8-10,17H2,(H,18,19,20). The number of rotatable bonds is 4. The van der Waals surface area contributed by atoms with E-state index in [1.807, 2.05) is 30.3 Å². The van der Waals surface area contributed by atoms with E-state index >= 15 is 0 Å². The number of nitrogens with two attached hydrogens (primary N) is 1. The predicted octanol–water partition coefficient (Wildman–Crippen LogP) is 2.70. The van der Waals surface area contributed by atoms with Gasteiger partial charge in [-0.25, -0.2) is 4.98 Å². The lowest BCUT2D eigenvalue weighted by Crippen LogP contribution is -2.27. The van der Waals surface area contributed by atoms with Crippen LogP contribution in [0.15, 0.2) is 30.3 Å². The van der Waals surface area contributed by atoms with Gasteiger partial charge in [-0.15, -0.1) is 11.3 Å². The van der Waals surface area contributed by atoms with E-state index in [-0.39, 0.29) is 11.8 Å². The first kappa shape index (κ1) is 14.2. The summed E-state index contributed by atoms with van der Waals surface area (Å²) in [6, 6.07) is 9.65. The summed E-state index contributed by atoms with van der Waals surface area (Å²) in [7, 11) is 0. The first-order valence-corrected chi connectivity index (χ1v) is 8.14. The lowest BCUT2D eigenvalue weighted by atomic mass is 9.98. The van der Waals surface area contributed by atoms with E-state index in [1.54, 1.807) is 11.3 Å². The Morgan fingerprint density at radius 1 is 1.29 bits per heavy atom. The fraction of sp³-hybridized carbons (Fsp3) is 0.375. The van der Waals surface area contributed by atoms with Gasteiger partial charge in [-0.2, -0.15) is 0 Å². The normalized spacial score (nSPS) is 15.3. The Morgan fingerprint density at radius 2 is 2.05 bits per heavy atom. The van der Waals surface area contributed by atoms with Gasteiger partial charge in [0.05, 0.1) is 11.6 Å². The highest BCUT2D eigenvalue weighted by Gasteiger charge is 2.21. The van der Waals surface area contributed by atoms with Crippen molar-refractivity contribution < 1.29 is 4.79 Å². The van der Waals surface area contributed by atoms with E-state index in [4.69, 9.17) is 5.73 Å². The molecule has 1 amide bonds. The molecule has 1 aliphatic carbocycles. The Kier molecular flexibility index (Phi) is 4.31. The first-order valence-electron chi connectivity index (χ1n) is 7.32. The Bertz CT molecular complexity index is 600. The van der Waals surface area contributed by atoms with Gasteiger partial charge >= 0.3 is 0 Å². The summed E-state index contributed by atoms with van der Waals surface area (Å²) in [5, 5.41) is 3.65. The Balaban J connectivity index is 1.74. The number of nitrogens with one attached hydrogen (secondary N) is 1. The average Bonchev–Trinajstić information content (AvgIpc) is 2.91. The van der Waals surface area contributed by atoms with Crippen molar-refractivity contribution in [3.63, 3.8) is 0 Å². The van der Waals surface area contributed by atoms with Crippen molar-refractivity contribution in [2.75, 3.05) is 11.9 Å². The molecule has 0 spiro atoms. The van der Waals surface area contributed by atoms with E-state index in [1.165, 1.54) is 17.7 Å². The van der Waals surface area contributed by atoms with Gasteiger partial charge in [0, 0.05) is 11.4 Å². The van der Waals surface area contributed by atoms with Crippen LogP contribution in [0.2, 0.25) is 0 Å². The van der Waals surface area contributed by atoms with Crippen LogP contribution in [0.3, 0.4) is 0 Å². The largest absolute Gasteiger partial charge is 0.329 e. The number of benzene rings is 1. The van der Waals surface area contributed by atoms with Gasteiger partial charge in [0.15, 0.2) is 5.13 Å². The molecular formula is C16H19N3OS. The summed E-state index contributed by atoms with van der Waals surface area (Å²) in [4.78, 5) is 18.3. The van der Waals surface area contributed by atoms with E-state index in [0.717, 1.165) is 24.1 Å². The van der Waals surface area contributed by atoms with Crippen molar-refractivity contribution in [1.82, 2.24) is 4.98 Å². The fourth-order valence-electron chi connectivity index (χ4n) is 2.68. The minimum absolute atomic E-state index is 0.0743. The predicted molar refractivity (Wildman–Crippen MR) is 85.6 cm³/mol. The van der Waals surface area contributed by atoms with Crippen molar-refractivity contribution in [2.24, 2.45) is 5.73 Å². The third kappa shape index (κ3) is 3.14. The molecule has 1 aromatic heterocycles. The van der Waals surface area contributed by atoms with Gasteiger partial charge in [-0.05, 0) is 31.2 Å². The van der Waals surface area contributed by atoms with Crippen molar-refractivity contribution >= 4 is 22.4 Å². The van der Waals surface area contributed by atoms with Gasteiger partial charge in [-0.3, -0.25) is 4.79 Å². The second kappa shape index (κ2) is 6.37. The summed E-state index contributed by atoms with van der Waals surface area (Å²) >= 11 is 1.60.